The van der Waals surface area contributed by atoms with E-state index in [1.165, 1.54) is 0 Å². The summed E-state index contributed by atoms with van der Waals surface area (Å²) in [5, 5.41) is 46.7. The molecule has 0 aliphatic rings. The zero-order chi connectivity index (χ0) is 62.1. The van der Waals surface area contributed by atoms with Gasteiger partial charge in [-0.2, -0.15) is 0 Å². The first kappa shape index (κ1) is 68.5. The summed E-state index contributed by atoms with van der Waals surface area (Å²) in [6, 6.07) is 17.0. The molecule has 81 heavy (non-hydrogen) atoms. The second-order valence-corrected chi connectivity index (χ2v) is 32.4. The highest BCUT2D eigenvalue weighted by atomic mass is 16.3. The van der Waals surface area contributed by atoms with Crippen molar-refractivity contribution in [3.63, 3.8) is 0 Å². The lowest BCUT2D eigenvalue weighted by Crippen LogP contribution is -2.44. The number of carbonyl (C=O) groups is 2. The van der Waals surface area contributed by atoms with E-state index >= 15 is 0 Å². The van der Waals surface area contributed by atoms with Gasteiger partial charge in [-0.25, -0.2) is 0 Å². The molecule has 0 unspecified atom stereocenters. The van der Waals surface area contributed by atoms with Gasteiger partial charge in [-0.05, 0) is 168 Å². The van der Waals surface area contributed by atoms with Crippen LogP contribution in [0.2, 0.25) is 0 Å². The normalized spacial score (nSPS) is 13.4. The highest BCUT2D eigenvalue weighted by Crippen LogP contribution is 2.45. The van der Waals surface area contributed by atoms with Gasteiger partial charge in [-0.3, -0.25) is 9.59 Å². The maximum Gasteiger partial charge on any atom is 0.219 e. The van der Waals surface area contributed by atoms with Crippen molar-refractivity contribution >= 4 is 11.8 Å². The number of aryl methyl sites for hydroxylation is 4. The Balaban J connectivity index is 1.83. The molecule has 0 heterocycles. The van der Waals surface area contributed by atoms with E-state index in [0.717, 1.165) is 66.8 Å². The van der Waals surface area contributed by atoms with E-state index in [1.807, 2.05) is 0 Å². The topological polar surface area (TPSA) is 122 Å². The standard InChI is InChI=1S/C73H114N2O6/c1-46(76)74(52(32-28-48-38-54(66(3,4)5)62(78)55(39-48)67(6,7)8)33-29-49-40-56(68(9,10)11)63(79)57(41-49)69(12,13)14)36-27-37-75(47(2)77)53(34-30-50-42-58(70(15,16)17)64(80)59(43-50)71(18,19)20)35-31-51-44-60(72(21,22)23)65(81)61(45-51)73(24,25)26/h38-45,52-53,78-81H,27-37H2,1-26H3. The van der Waals surface area contributed by atoms with Crippen molar-refractivity contribution in [3.05, 3.63) is 115 Å². The monoisotopic (exact) mass is 1110 g/mol. The predicted octanol–water partition coefficient (Wildman–Crippen LogP) is 17.5. The maximum absolute atomic E-state index is 14.3. The number of amides is 2. The molecule has 8 heteroatoms. The molecule has 4 aromatic carbocycles. The van der Waals surface area contributed by atoms with Crippen molar-refractivity contribution in [1.29, 1.82) is 0 Å². The van der Waals surface area contributed by atoms with Crippen LogP contribution in [0, 0.1) is 0 Å². The van der Waals surface area contributed by atoms with Crippen molar-refractivity contribution in [2.75, 3.05) is 13.1 Å². The van der Waals surface area contributed by atoms with Crippen LogP contribution in [0.1, 0.15) is 279 Å². The van der Waals surface area contributed by atoms with Crippen LogP contribution in [0.15, 0.2) is 48.5 Å². The molecule has 0 aliphatic carbocycles. The van der Waals surface area contributed by atoms with Crippen LogP contribution < -0.4 is 0 Å². The zero-order valence-corrected chi connectivity index (χ0v) is 56.1. The Morgan fingerprint density at radius 1 is 0.321 bits per heavy atom. The van der Waals surface area contributed by atoms with E-state index in [-0.39, 0.29) is 67.2 Å². The summed E-state index contributed by atoms with van der Waals surface area (Å²) in [5.74, 6) is 1.39. The number of carbonyl (C=O) groups excluding carboxylic acids is 2. The number of rotatable bonds is 18. The summed E-state index contributed by atoms with van der Waals surface area (Å²) in [7, 11) is 0. The molecule has 0 spiro atoms. The van der Waals surface area contributed by atoms with Gasteiger partial charge in [0.2, 0.25) is 11.8 Å². The Bertz CT molecular complexity index is 2330. The fourth-order valence-electron chi connectivity index (χ4n) is 11.8. The van der Waals surface area contributed by atoms with E-state index in [2.05, 4.69) is 225 Å². The van der Waals surface area contributed by atoms with E-state index < -0.39 is 0 Å². The highest BCUT2D eigenvalue weighted by Gasteiger charge is 2.33. The molecule has 8 nitrogen and oxygen atoms in total. The smallest absolute Gasteiger partial charge is 0.219 e. The van der Waals surface area contributed by atoms with Gasteiger partial charge >= 0.3 is 0 Å². The first-order valence-corrected chi connectivity index (χ1v) is 30.6. The van der Waals surface area contributed by atoms with Gasteiger partial charge in [0.1, 0.15) is 23.0 Å². The van der Waals surface area contributed by atoms with Crippen molar-refractivity contribution < 1.29 is 30.0 Å². The van der Waals surface area contributed by atoms with Gasteiger partial charge < -0.3 is 30.2 Å². The van der Waals surface area contributed by atoms with E-state index in [1.54, 1.807) is 13.8 Å². The molecule has 452 valence electrons. The van der Waals surface area contributed by atoms with Gasteiger partial charge in [0.05, 0.1) is 0 Å². The summed E-state index contributed by atoms with van der Waals surface area (Å²) in [5.41, 5.74) is 9.57. The summed E-state index contributed by atoms with van der Waals surface area (Å²) in [4.78, 5) is 32.7. The van der Waals surface area contributed by atoms with Crippen LogP contribution in [0.3, 0.4) is 0 Å². The van der Waals surface area contributed by atoms with E-state index in [0.29, 0.717) is 93.9 Å². The molecule has 4 aromatic rings. The Morgan fingerprint density at radius 3 is 0.593 bits per heavy atom. The van der Waals surface area contributed by atoms with Gasteiger partial charge in [0, 0.05) is 39.0 Å². The molecule has 4 N–H and O–H groups in total. The average molecular weight is 1120 g/mol. The Hall–Kier alpha value is -4.98. The summed E-state index contributed by atoms with van der Waals surface area (Å²) >= 11 is 0. The molecule has 0 saturated carbocycles. The van der Waals surface area contributed by atoms with Crippen LogP contribution in [-0.4, -0.2) is 67.2 Å². The van der Waals surface area contributed by atoms with Crippen molar-refractivity contribution in [2.24, 2.45) is 0 Å². The lowest BCUT2D eigenvalue weighted by atomic mass is 9.77. The number of hydrogen-bond donors (Lipinski definition) is 4. The molecule has 0 saturated heterocycles. The number of phenolic OH excluding ortho intramolecular Hbond substituents is 4. The lowest BCUT2D eigenvalue weighted by molar-refractivity contribution is -0.132. The van der Waals surface area contributed by atoms with Gasteiger partial charge in [0.25, 0.3) is 0 Å². The molecule has 0 fully saturated rings. The third-order valence-corrected chi connectivity index (χ3v) is 16.7. The zero-order valence-electron chi connectivity index (χ0n) is 56.1. The minimum Gasteiger partial charge on any atom is -0.507 e. The highest BCUT2D eigenvalue weighted by molar-refractivity contribution is 5.74. The summed E-state index contributed by atoms with van der Waals surface area (Å²) in [6.07, 6.45) is 6.20. The Labute approximate surface area is 494 Å². The van der Waals surface area contributed by atoms with Gasteiger partial charge in [0.15, 0.2) is 0 Å². The van der Waals surface area contributed by atoms with Crippen LogP contribution >= 0.6 is 0 Å². The minimum atomic E-state index is -0.288. The molecule has 0 aliphatic heterocycles. The van der Waals surface area contributed by atoms with E-state index in [4.69, 9.17) is 0 Å². The van der Waals surface area contributed by atoms with Gasteiger partial charge in [-0.15, -0.1) is 0 Å². The third kappa shape index (κ3) is 18.0. The van der Waals surface area contributed by atoms with Crippen molar-refractivity contribution in [2.45, 2.75) is 293 Å². The van der Waals surface area contributed by atoms with Crippen molar-refractivity contribution in [1.82, 2.24) is 9.80 Å². The molecular formula is C73H114N2O6. The maximum atomic E-state index is 14.3. The Kier molecular flexibility index (Phi) is 21.2. The molecule has 0 aromatic heterocycles. The molecular weight excluding hydrogens is 1000 g/mol. The predicted molar refractivity (Wildman–Crippen MR) is 342 cm³/mol. The average Bonchev–Trinajstić information content (AvgIpc) is 3.27. The quantitative estimate of drug-likeness (QED) is 0.0787. The lowest BCUT2D eigenvalue weighted by Gasteiger charge is -2.35. The number of aromatic hydroxyl groups is 4. The SMILES string of the molecule is CC(=O)N(CCCN(C(C)=O)C(CCc1cc(C(C)(C)C)c(O)c(C(C)(C)C)c1)CCc1cc(C(C)(C)C)c(O)c(C(C)(C)C)c1)C(CCc1cc(C(C)(C)C)c(O)c(C(C)(C)C)c1)CCc1cc(C(C)(C)C)c(O)c(C(C)(C)C)c1. The number of hydrogen-bond acceptors (Lipinski definition) is 6. The number of phenols is 4. The fourth-order valence-corrected chi connectivity index (χ4v) is 11.8. The van der Waals surface area contributed by atoms with Gasteiger partial charge in [-0.1, -0.05) is 215 Å². The minimum absolute atomic E-state index is 0.00729. The first-order valence-electron chi connectivity index (χ1n) is 30.6. The summed E-state index contributed by atoms with van der Waals surface area (Å²) in [6.45, 7) is 55.6. The van der Waals surface area contributed by atoms with Crippen LogP contribution in [-0.2, 0) is 78.6 Å². The fraction of sp³-hybridized carbons (Fsp3) is 0.644. The summed E-state index contributed by atoms with van der Waals surface area (Å²) < 4.78 is 0. The van der Waals surface area contributed by atoms with Crippen molar-refractivity contribution in [3.8, 4) is 23.0 Å². The first-order chi connectivity index (χ1) is 36.5. The Morgan fingerprint density at radius 2 is 0.469 bits per heavy atom. The van der Waals surface area contributed by atoms with Crippen LogP contribution in [0.4, 0.5) is 0 Å². The van der Waals surface area contributed by atoms with Crippen LogP contribution in [0.25, 0.3) is 0 Å². The molecule has 4 rings (SSSR count). The van der Waals surface area contributed by atoms with E-state index in [9.17, 15) is 30.0 Å². The molecule has 0 radical (unpaired) electrons. The second-order valence-electron chi connectivity index (χ2n) is 32.4. The molecule has 0 atom stereocenters. The van der Waals surface area contributed by atoms with Crippen LogP contribution in [0.5, 0.6) is 23.0 Å². The second kappa shape index (κ2) is 25.1. The number of benzene rings is 4. The third-order valence-electron chi connectivity index (χ3n) is 16.7. The molecule has 2 amide bonds. The number of nitrogens with zero attached hydrogens (tertiary/aromatic N) is 2. The molecule has 0 bridgehead atoms. The largest absolute Gasteiger partial charge is 0.507 e.